The summed E-state index contributed by atoms with van der Waals surface area (Å²) in [5, 5.41) is 4.89. The molecule has 132 valence electrons. The zero-order chi connectivity index (χ0) is 18.2. The molecular weight excluding hydrogens is 364 g/mol. The van der Waals surface area contributed by atoms with Gasteiger partial charge in [0, 0.05) is 11.9 Å². The number of hydrogen-bond acceptors (Lipinski definition) is 5. The maximum absolute atomic E-state index is 12.0. The number of rotatable bonds is 7. The molecule has 1 N–H and O–H groups in total. The smallest absolute Gasteiger partial charge is 0.311 e. The van der Waals surface area contributed by atoms with Crippen molar-refractivity contribution < 1.29 is 19.1 Å². The Kier molecular flexibility index (Phi) is 6.97. The van der Waals surface area contributed by atoms with Crippen LogP contribution in [0.1, 0.15) is 4.88 Å². The molecule has 2 rings (SSSR count). The van der Waals surface area contributed by atoms with E-state index in [2.05, 4.69) is 5.32 Å². The standard InChI is InChI=1S/C17H17ClN2O4S/c1-20(10-15(21)19-14-7-3-2-6-13(14)18)16(22)11-24-17(23)9-12-5-4-8-25-12/h2-8H,9-11H2,1H3,(H,19,21). The SMILES string of the molecule is CN(CC(=O)Nc1ccccc1Cl)C(=O)COC(=O)Cc1cccs1. The zero-order valence-electron chi connectivity index (χ0n) is 13.5. The third-order valence-electron chi connectivity index (χ3n) is 3.21. The van der Waals surface area contributed by atoms with Crippen molar-refractivity contribution in [3.05, 3.63) is 51.7 Å². The Balaban J connectivity index is 1.75. The molecule has 0 aliphatic carbocycles. The lowest BCUT2D eigenvalue weighted by atomic mass is 10.3. The third kappa shape index (κ3) is 6.21. The van der Waals surface area contributed by atoms with E-state index in [0.29, 0.717) is 10.7 Å². The van der Waals surface area contributed by atoms with E-state index >= 15 is 0 Å². The number of esters is 1. The molecule has 25 heavy (non-hydrogen) atoms. The molecule has 0 fully saturated rings. The monoisotopic (exact) mass is 380 g/mol. The van der Waals surface area contributed by atoms with Crippen LogP contribution in [0, 0.1) is 0 Å². The molecule has 1 aromatic heterocycles. The van der Waals surface area contributed by atoms with E-state index in [4.69, 9.17) is 16.3 Å². The summed E-state index contributed by atoms with van der Waals surface area (Å²) in [5.41, 5.74) is 0.470. The minimum atomic E-state index is -0.482. The van der Waals surface area contributed by atoms with Crippen LogP contribution >= 0.6 is 22.9 Å². The number of anilines is 1. The van der Waals surface area contributed by atoms with Crippen LogP contribution in [0.4, 0.5) is 5.69 Å². The van der Waals surface area contributed by atoms with Gasteiger partial charge in [-0.15, -0.1) is 11.3 Å². The van der Waals surface area contributed by atoms with Crippen LogP contribution < -0.4 is 5.32 Å². The lowest BCUT2D eigenvalue weighted by molar-refractivity contribution is -0.151. The Labute approximate surface area is 154 Å². The summed E-state index contributed by atoms with van der Waals surface area (Å²) < 4.78 is 4.94. The van der Waals surface area contributed by atoms with Gasteiger partial charge < -0.3 is 15.0 Å². The Bertz CT molecular complexity index is 749. The molecule has 2 aromatic rings. The first kappa shape index (κ1) is 19.0. The molecule has 0 aliphatic heterocycles. The average Bonchev–Trinajstić information content (AvgIpc) is 3.07. The summed E-state index contributed by atoms with van der Waals surface area (Å²) in [6.45, 7) is -0.577. The van der Waals surface area contributed by atoms with Gasteiger partial charge >= 0.3 is 5.97 Å². The lowest BCUT2D eigenvalue weighted by Crippen LogP contribution is -2.37. The first-order valence-corrected chi connectivity index (χ1v) is 8.68. The lowest BCUT2D eigenvalue weighted by Gasteiger charge is -2.17. The molecule has 8 heteroatoms. The Morgan fingerprint density at radius 1 is 1.20 bits per heavy atom. The molecule has 0 saturated carbocycles. The molecule has 0 saturated heterocycles. The van der Waals surface area contributed by atoms with Gasteiger partial charge in [0.05, 0.1) is 23.7 Å². The first-order valence-electron chi connectivity index (χ1n) is 7.42. The van der Waals surface area contributed by atoms with Crippen molar-refractivity contribution >= 4 is 46.4 Å². The van der Waals surface area contributed by atoms with Gasteiger partial charge in [0.25, 0.3) is 5.91 Å². The van der Waals surface area contributed by atoms with Crippen LogP contribution in [0.3, 0.4) is 0 Å². The highest BCUT2D eigenvalue weighted by Gasteiger charge is 2.16. The predicted octanol–water partition coefficient (Wildman–Crippen LogP) is 2.58. The maximum atomic E-state index is 12.0. The number of hydrogen-bond donors (Lipinski definition) is 1. The van der Waals surface area contributed by atoms with E-state index in [1.165, 1.54) is 23.3 Å². The van der Waals surface area contributed by atoms with Crippen molar-refractivity contribution in [1.82, 2.24) is 4.90 Å². The van der Waals surface area contributed by atoms with Crippen LogP contribution in [0.15, 0.2) is 41.8 Å². The largest absolute Gasteiger partial charge is 0.455 e. The highest BCUT2D eigenvalue weighted by molar-refractivity contribution is 7.10. The van der Waals surface area contributed by atoms with Gasteiger partial charge in [-0.2, -0.15) is 0 Å². The third-order valence-corrected chi connectivity index (χ3v) is 4.42. The number of carbonyl (C=O) groups excluding carboxylic acids is 3. The highest BCUT2D eigenvalue weighted by atomic mass is 35.5. The summed E-state index contributed by atoms with van der Waals surface area (Å²) in [5.74, 6) is -1.34. The number of carbonyl (C=O) groups is 3. The summed E-state index contributed by atoms with van der Waals surface area (Å²) in [4.78, 5) is 37.6. The number of likely N-dealkylation sites (N-methyl/N-ethyl adjacent to an activating group) is 1. The van der Waals surface area contributed by atoms with Crippen LogP contribution in [0.5, 0.6) is 0 Å². The maximum Gasteiger partial charge on any atom is 0.311 e. The van der Waals surface area contributed by atoms with Crippen LogP contribution in [0.25, 0.3) is 0 Å². The predicted molar refractivity (Wildman–Crippen MR) is 96.7 cm³/mol. The zero-order valence-corrected chi connectivity index (χ0v) is 15.1. The number of ether oxygens (including phenoxy) is 1. The Hall–Kier alpha value is -2.38. The molecule has 0 bridgehead atoms. The highest BCUT2D eigenvalue weighted by Crippen LogP contribution is 2.20. The van der Waals surface area contributed by atoms with Gasteiger partial charge in [-0.3, -0.25) is 14.4 Å². The number of benzene rings is 1. The van der Waals surface area contributed by atoms with Crippen molar-refractivity contribution in [1.29, 1.82) is 0 Å². The van der Waals surface area contributed by atoms with E-state index in [1.807, 2.05) is 17.5 Å². The fourth-order valence-electron chi connectivity index (χ4n) is 1.91. The molecule has 0 unspecified atom stereocenters. The molecule has 2 amide bonds. The van der Waals surface area contributed by atoms with Gasteiger partial charge in [0.15, 0.2) is 6.61 Å². The van der Waals surface area contributed by atoms with E-state index in [-0.39, 0.29) is 13.0 Å². The number of para-hydroxylation sites is 1. The van der Waals surface area contributed by atoms with Crippen molar-refractivity contribution in [3.8, 4) is 0 Å². The normalized spacial score (nSPS) is 10.2. The van der Waals surface area contributed by atoms with Gasteiger partial charge in [0.1, 0.15) is 0 Å². The second-order valence-electron chi connectivity index (χ2n) is 5.19. The summed E-state index contributed by atoms with van der Waals surface area (Å²) in [7, 11) is 1.46. The minimum Gasteiger partial charge on any atom is -0.455 e. The molecule has 1 aromatic carbocycles. The number of thiophene rings is 1. The summed E-state index contributed by atoms with van der Waals surface area (Å²) in [6.07, 6.45) is 0.127. The fraction of sp³-hybridized carbons (Fsp3) is 0.235. The Morgan fingerprint density at radius 3 is 2.64 bits per heavy atom. The summed E-state index contributed by atoms with van der Waals surface area (Å²) in [6, 6.07) is 10.5. The quantitative estimate of drug-likeness (QED) is 0.749. The van der Waals surface area contributed by atoms with E-state index in [0.717, 1.165) is 4.88 Å². The van der Waals surface area contributed by atoms with Crippen molar-refractivity contribution in [2.45, 2.75) is 6.42 Å². The second-order valence-corrected chi connectivity index (χ2v) is 6.63. The van der Waals surface area contributed by atoms with E-state index in [9.17, 15) is 14.4 Å². The number of halogens is 1. The number of nitrogens with one attached hydrogen (secondary N) is 1. The molecule has 1 heterocycles. The van der Waals surface area contributed by atoms with Crippen LogP contribution in [0.2, 0.25) is 5.02 Å². The molecular formula is C17H17ClN2O4S. The first-order chi connectivity index (χ1) is 12.0. The van der Waals surface area contributed by atoms with Crippen molar-refractivity contribution in [2.24, 2.45) is 0 Å². The molecule has 0 atom stereocenters. The molecule has 0 radical (unpaired) electrons. The van der Waals surface area contributed by atoms with Gasteiger partial charge in [0.2, 0.25) is 5.91 Å². The van der Waals surface area contributed by atoms with Gasteiger partial charge in [-0.1, -0.05) is 29.8 Å². The van der Waals surface area contributed by atoms with E-state index < -0.39 is 24.4 Å². The van der Waals surface area contributed by atoms with Gasteiger partial charge in [-0.25, -0.2) is 0 Å². The fourth-order valence-corrected chi connectivity index (χ4v) is 2.79. The van der Waals surface area contributed by atoms with E-state index in [1.54, 1.807) is 24.3 Å². The molecule has 6 nitrogen and oxygen atoms in total. The Morgan fingerprint density at radius 2 is 1.96 bits per heavy atom. The topological polar surface area (TPSA) is 75.7 Å². The average molecular weight is 381 g/mol. The summed E-state index contributed by atoms with van der Waals surface area (Å²) >= 11 is 7.40. The molecule has 0 aliphatic rings. The van der Waals surface area contributed by atoms with Crippen molar-refractivity contribution in [3.63, 3.8) is 0 Å². The molecule has 0 spiro atoms. The van der Waals surface area contributed by atoms with Crippen molar-refractivity contribution in [2.75, 3.05) is 25.5 Å². The van der Waals surface area contributed by atoms with Gasteiger partial charge in [-0.05, 0) is 23.6 Å². The van der Waals surface area contributed by atoms with Crippen LogP contribution in [-0.4, -0.2) is 42.9 Å². The minimum absolute atomic E-state index is 0.127. The van der Waals surface area contributed by atoms with Crippen LogP contribution in [-0.2, 0) is 25.5 Å². The number of nitrogens with zero attached hydrogens (tertiary/aromatic N) is 1. The second kappa shape index (κ2) is 9.19. The number of amides is 2.